The van der Waals surface area contributed by atoms with Crippen molar-refractivity contribution >= 4 is 5.97 Å². The second kappa shape index (κ2) is 10.4. The highest BCUT2D eigenvalue weighted by Gasteiger charge is 2.40. The lowest BCUT2D eigenvalue weighted by Gasteiger charge is -2.47. The van der Waals surface area contributed by atoms with Crippen LogP contribution in [0.3, 0.4) is 0 Å². The van der Waals surface area contributed by atoms with Crippen LogP contribution in [0.15, 0.2) is 12.1 Å². The fraction of sp³-hybridized carbons (Fsp3) is 0.731. The molecule has 6 heteroatoms. The summed E-state index contributed by atoms with van der Waals surface area (Å²) in [4.78, 5) is 15.3. The van der Waals surface area contributed by atoms with Gasteiger partial charge in [0, 0.05) is 25.7 Å². The third kappa shape index (κ3) is 5.07. The van der Waals surface area contributed by atoms with Crippen molar-refractivity contribution in [3.8, 4) is 11.5 Å². The maximum Gasteiger partial charge on any atom is 0.310 e. The number of hydrogen-bond acceptors (Lipinski definition) is 6. The lowest BCUT2D eigenvalue weighted by Crippen LogP contribution is -2.47. The zero-order valence-electron chi connectivity index (χ0n) is 20.2. The zero-order valence-corrected chi connectivity index (χ0v) is 20.2. The number of nitrogens with one attached hydrogen (secondary N) is 1. The molecule has 1 aromatic carbocycles. The molecule has 178 valence electrons. The Balaban J connectivity index is 1.51. The Morgan fingerprint density at radius 3 is 2.66 bits per heavy atom. The van der Waals surface area contributed by atoms with Gasteiger partial charge in [-0.3, -0.25) is 9.69 Å². The number of ether oxygens (including phenoxy) is 3. The topological polar surface area (TPSA) is 60.0 Å². The molecule has 4 atom stereocenters. The smallest absolute Gasteiger partial charge is 0.310 e. The molecule has 3 aliphatic heterocycles. The van der Waals surface area contributed by atoms with E-state index in [2.05, 4.69) is 36.2 Å². The summed E-state index contributed by atoms with van der Waals surface area (Å²) >= 11 is 0. The first-order chi connectivity index (χ1) is 15.5. The van der Waals surface area contributed by atoms with Crippen LogP contribution in [0.25, 0.3) is 0 Å². The molecule has 2 saturated heterocycles. The van der Waals surface area contributed by atoms with Gasteiger partial charge in [0.2, 0.25) is 0 Å². The van der Waals surface area contributed by atoms with Crippen LogP contribution in [-0.2, 0) is 16.0 Å². The molecule has 3 aliphatic rings. The van der Waals surface area contributed by atoms with Gasteiger partial charge in [-0.15, -0.1) is 0 Å². The van der Waals surface area contributed by atoms with Gasteiger partial charge in [-0.1, -0.05) is 13.8 Å². The number of hydrogen-bond donors (Lipinski definition) is 1. The molecular formula is C26H40N2O4. The maximum atomic E-state index is 12.7. The molecule has 0 unspecified atom stereocenters. The van der Waals surface area contributed by atoms with E-state index < -0.39 is 0 Å². The van der Waals surface area contributed by atoms with E-state index in [9.17, 15) is 4.79 Å². The van der Waals surface area contributed by atoms with Crippen LogP contribution in [-0.4, -0.2) is 57.9 Å². The van der Waals surface area contributed by atoms with Gasteiger partial charge in [-0.2, -0.15) is 0 Å². The fourth-order valence-corrected chi connectivity index (χ4v) is 5.94. The van der Waals surface area contributed by atoms with Crippen molar-refractivity contribution in [3.05, 3.63) is 23.3 Å². The van der Waals surface area contributed by atoms with E-state index in [0.29, 0.717) is 30.4 Å². The van der Waals surface area contributed by atoms with Crippen LogP contribution in [0.2, 0.25) is 0 Å². The van der Waals surface area contributed by atoms with E-state index in [0.717, 1.165) is 63.4 Å². The van der Waals surface area contributed by atoms with Gasteiger partial charge in [0.05, 0.1) is 26.7 Å². The highest BCUT2D eigenvalue weighted by atomic mass is 16.5. The van der Waals surface area contributed by atoms with Gasteiger partial charge in [0.25, 0.3) is 0 Å². The third-order valence-corrected chi connectivity index (χ3v) is 7.62. The molecule has 0 spiro atoms. The number of carbonyl (C=O) groups excluding carboxylic acids is 1. The molecule has 1 aromatic rings. The van der Waals surface area contributed by atoms with Crippen LogP contribution >= 0.6 is 0 Å². The molecule has 0 amide bonds. The summed E-state index contributed by atoms with van der Waals surface area (Å²) in [5.41, 5.74) is 2.71. The monoisotopic (exact) mass is 444 g/mol. The van der Waals surface area contributed by atoms with E-state index in [-0.39, 0.29) is 11.9 Å². The van der Waals surface area contributed by atoms with Gasteiger partial charge in [0.15, 0.2) is 11.5 Å². The first-order valence-electron chi connectivity index (χ1n) is 12.4. The Morgan fingerprint density at radius 2 is 1.97 bits per heavy atom. The molecule has 0 aliphatic carbocycles. The number of nitrogens with zero attached hydrogens (tertiary/aromatic N) is 1. The molecular weight excluding hydrogens is 404 g/mol. The van der Waals surface area contributed by atoms with Crippen LogP contribution in [0.1, 0.15) is 56.7 Å². The highest BCUT2D eigenvalue weighted by Crippen LogP contribution is 2.45. The summed E-state index contributed by atoms with van der Waals surface area (Å²) in [5, 5.41) is 3.33. The molecule has 0 saturated carbocycles. The summed E-state index contributed by atoms with van der Waals surface area (Å²) in [6, 6.07) is 4.67. The molecule has 0 bridgehead atoms. The van der Waals surface area contributed by atoms with Crippen LogP contribution < -0.4 is 14.8 Å². The van der Waals surface area contributed by atoms with Crippen molar-refractivity contribution in [2.24, 2.45) is 23.7 Å². The van der Waals surface area contributed by atoms with E-state index in [1.54, 1.807) is 14.2 Å². The standard InChI is InChI=1S/C26H40N2O4/c1-17(2)10-20-15-28-9-7-18-12-24(30-3)25(31-4)13-22(18)23(28)11-21(20)16-32-26(29)19-6-5-8-27-14-19/h12-13,17,19-21,23,27H,5-11,14-16H2,1-4H3/t19-,20+,21-,23+/m0/s1. The summed E-state index contributed by atoms with van der Waals surface area (Å²) in [7, 11) is 3.40. The SMILES string of the molecule is COc1cc2c(cc1OC)[C@H]1C[C@@H](COC(=O)[C@H]3CCCNC3)[C@H](CC(C)C)CN1CC2. The van der Waals surface area contributed by atoms with Crippen LogP contribution in [0, 0.1) is 23.7 Å². The second-order valence-electron chi connectivity index (χ2n) is 10.2. The van der Waals surface area contributed by atoms with E-state index in [1.807, 2.05) is 0 Å². The van der Waals surface area contributed by atoms with Crippen molar-refractivity contribution in [3.63, 3.8) is 0 Å². The van der Waals surface area contributed by atoms with Crippen molar-refractivity contribution in [2.45, 2.75) is 52.0 Å². The van der Waals surface area contributed by atoms with Gasteiger partial charge in [-0.05, 0) is 79.7 Å². The summed E-state index contributed by atoms with van der Waals surface area (Å²) in [5.74, 6) is 3.19. The number of esters is 1. The summed E-state index contributed by atoms with van der Waals surface area (Å²) in [6.07, 6.45) is 5.23. The molecule has 2 fully saturated rings. The molecule has 4 rings (SSSR count). The first kappa shape index (κ1) is 23.4. The van der Waals surface area contributed by atoms with Crippen LogP contribution in [0.4, 0.5) is 0 Å². The van der Waals surface area contributed by atoms with Gasteiger partial charge < -0.3 is 19.5 Å². The average molecular weight is 445 g/mol. The lowest BCUT2D eigenvalue weighted by atomic mass is 9.74. The Kier molecular flexibility index (Phi) is 7.62. The van der Waals surface area contributed by atoms with Crippen molar-refractivity contribution in [2.75, 3.05) is 47.0 Å². The van der Waals surface area contributed by atoms with E-state index in [1.165, 1.54) is 17.5 Å². The Morgan fingerprint density at radius 1 is 1.19 bits per heavy atom. The predicted molar refractivity (Wildman–Crippen MR) is 125 cm³/mol. The first-order valence-corrected chi connectivity index (χ1v) is 12.4. The Labute approximate surface area is 193 Å². The number of rotatable bonds is 7. The number of benzene rings is 1. The van der Waals surface area contributed by atoms with E-state index in [4.69, 9.17) is 14.2 Å². The van der Waals surface area contributed by atoms with Crippen molar-refractivity contribution < 1.29 is 19.0 Å². The fourth-order valence-electron chi connectivity index (χ4n) is 5.94. The normalized spacial score (nSPS) is 28.0. The van der Waals surface area contributed by atoms with E-state index >= 15 is 0 Å². The molecule has 32 heavy (non-hydrogen) atoms. The number of carbonyl (C=O) groups is 1. The van der Waals surface area contributed by atoms with Gasteiger partial charge in [0.1, 0.15) is 0 Å². The molecule has 0 radical (unpaired) electrons. The van der Waals surface area contributed by atoms with Crippen LogP contribution in [0.5, 0.6) is 11.5 Å². The van der Waals surface area contributed by atoms with Crippen molar-refractivity contribution in [1.29, 1.82) is 0 Å². The summed E-state index contributed by atoms with van der Waals surface area (Å²) in [6.45, 7) is 9.04. The average Bonchev–Trinajstić information content (AvgIpc) is 2.81. The number of methoxy groups -OCH3 is 2. The lowest BCUT2D eigenvalue weighted by molar-refractivity contribution is -0.152. The molecule has 1 N–H and O–H groups in total. The molecule has 3 heterocycles. The Hall–Kier alpha value is -1.79. The van der Waals surface area contributed by atoms with Gasteiger partial charge in [-0.25, -0.2) is 0 Å². The summed E-state index contributed by atoms with van der Waals surface area (Å²) < 4.78 is 17.1. The number of piperidine rings is 2. The minimum absolute atomic E-state index is 0.0134. The molecule has 0 aromatic heterocycles. The quantitative estimate of drug-likeness (QED) is 0.645. The minimum atomic E-state index is -0.0154. The van der Waals surface area contributed by atoms with Crippen molar-refractivity contribution in [1.82, 2.24) is 10.2 Å². The largest absolute Gasteiger partial charge is 0.493 e. The minimum Gasteiger partial charge on any atom is -0.493 e. The maximum absolute atomic E-state index is 12.7. The zero-order chi connectivity index (χ0) is 22.7. The third-order valence-electron chi connectivity index (χ3n) is 7.62. The second-order valence-corrected chi connectivity index (χ2v) is 10.2. The molecule has 6 nitrogen and oxygen atoms in total. The number of fused-ring (bicyclic) bond motifs is 3. The van der Waals surface area contributed by atoms with Gasteiger partial charge >= 0.3 is 5.97 Å². The highest BCUT2D eigenvalue weighted by molar-refractivity contribution is 5.72. The Bertz CT molecular complexity index is 790. The predicted octanol–water partition coefficient (Wildman–Crippen LogP) is 3.83.